The van der Waals surface area contributed by atoms with Crippen LogP contribution in [0.3, 0.4) is 0 Å². The van der Waals surface area contributed by atoms with E-state index >= 15 is 0 Å². The lowest BCUT2D eigenvalue weighted by Crippen LogP contribution is -2.35. The molecule has 1 aliphatic carbocycles. The average molecular weight is 234 g/mol. The van der Waals surface area contributed by atoms with Crippen molar-refractivity contribution in [1.29, 1.82) is 0 Å². The summed E-state index contributed by atoms with van der Waals surface area (Å²) in [5.41, 5.74) is 1.04. The van der Waals surface area contributed by atoms with Gasteiger partial charge in [-0.1, -0.05) is 17.7 Å². The SMILES string of the molecule is COc1ccc(C)cc1C(C)(C(=O)O)C1CC1. The minimum absolute atomic E-state index is 0.232. The summed E-state index contributed by atoms with van der Waals surface area (Å²) in [6.45, 7) is 3.78. The van der Waals surface area contributed by atoms with Crippen LogP contribution in [-0.4, -0.2) is 18.2 Å². The molecule has 0 spiro atoms. The molecule has 3 nitrogen and oxygen atoms in total. The van der Waals surface area contributed by atoms with Crippen molar-refractivity contribution in [3.63, 3.8) is 0 Å². The highest BCUT2D eigenvalue weighted by Gasteiger charge is 2.50. The summed E-state index contributed by atoms with van der Waals surface area (Å²) in [6, 6.07) is 5.73. The quantitative estimate of drug-likeness (QED) is 0.871. The predicted molar refractivity (Wildman–Crippen MR) is 65.4 cm³/mol. The zero-order valence-corrected chi connectivity index (χ0v) is 10.5. The Morgan fingerprint density at radius 1 is 1.47 bits per heavy atom. The maximum atomic E-state index is 11.6. The molecular formula is C14H18O3. The van der Waals surface area contributed by atoms with Gasteiger partial charge in [0.25, 0.3) is 0 Å². The first-order chi connectivity index (χ1) is 8.00. The van der Waals surface area contributed by atoms with Crippen LogP contribution in [0.4, 0.5) is 0 Å². The number of aryl methyl sites for hydroxylation is 1. The van der Waals surface area contributed by atoms with Crippen molar-refractivity contribution in [2.24, 2.45) is 5.92 Å². The Bertz CT molecular complexity index is 449. The first-order valence-corrected chi connectivity index (χ1v) is 5.88. The van der Waals surface area contributed by atoms with E-state index in [2.05, 4.69) is 0 Å². The molecule has 0 radical (unpaired) electrons. The van der Waals surface area contributed by atoms with Crippen molar-refractivity contribution in [1.82, 2.24) is 0 Å². The van der Waals surface area contributed by atoms with E-state index < -0.39 is 11.4 Å². The summed E-state index contributed by atoms with van der Waals surface area (Å²) in [4.78, 5) is 11.6. The van der Waals surface area contributed by atoms with Gasteiger partial charge in [0.1, 0.15) is 5.75 Å². The van der Waals surface area contributed by atoms with E-state index in [0.29, 0.717) is 5.75 Å². The van der Waals surface area contributed by atoms with Crippen molar-refractivity contribution >= 4 is 5.97 Å². The summed E-state index contributed by atoms with van der Waals surface area (Å²) in [5, 5.41) is 9.55. The first-order valence-electron chi connectivity index (χ1n) is 5.88. The van der Waals surface area contributed by atoms with Crippen molar-refractivity contribution in [2.45, 2.75) is 32.1 Å². The molecule has 1 unspecified atom stereocenters. The van der Waals surface area contributed by atoms with Crippen LogP contribution in [0.1, 0.15) is 30.9 Å². The van der Waals surface area contributed by atoms with E-state index in [9.17, 15) is 9.90 Å². The number of benzene rings is 1. The Hall–Kier alpha value is -1.51. The van der Waals surface area contributed by atoms with Crippen molar-refractivity contribution in [3.05, 3.63) is 29.3 Å². The summed E-state index contributed by atoms with van der Waals surface area (Å²) < 4.78 is 5.31. The Morgan fingerprint density at radius 3 is 2.59 bits per heavy atom. The van der Waals surface area contributed by atoms with Crippen LogP contribution in [0.15, 0.2) is 18.2 Å². The van der Waals surface area contributed by atoms with Gasteiger partial charge < -0.3 is 9.84 Å². The molecule has 0 aromatic heterocycles. The zero-order chi connectivity index (χ0) is 12.6. The molecule has 1 saturated carbocycles. The predicted octanol–water partition coefficient (Wildman–Crippen LogP) is 2.76. The molecule has 1 aromatic rings. The molecule has 0 heterocycles. The van der Waals surface area contributed by atoms with Crippen molar-refractivity contribution in [3.8, 4) is 5.75 Å². The van der Waals surface area contributed by atoms with Gasteiger partial charge in [-0.3, -0.25) is 4.79 Å². The number of hydrogen-bond donors (Lipinski definition) is 1. The standard InChI is InChI=1S/C14H18O3/c1-9-4-7-12(17-3)11(8-9)14(2,13(15)16)10-5-6-10/h4,7-8,10H,5-6H2,1-3H3,(H,15,16). The van der Waals surface area contributed by atoms with Gasteiger partial charge in [-0.15, -0.1) is 0 Å². The molecule has 1 N–H and O–H groups in total. The summed E-state index contributed by atoms with van der Waals surface area (Å²) in [5.74, 6) is 0.145. The van der Waals surface area contributed by atoms with E-state index in [0.717, 1.165) is 24.0 Å². The molecule has 2 rings (SSSR count). The lowest BCUT2D eigenvalue weighted by atomic mass is 9.77. The summed E-state index contributed by atoms with van der Waals surface area (Å²) in [6.07, 6.45) is 1.97. The number of methoxy groups -OCH3 is 1. The second kappa shape index (κ2) is 4.06. The van der Waals surface area contributed by atoms with Crippen molar-refractivity contribution < 1.29 is 14.6 Å². The monoisotopic (exact) mass is 234 g/mol. The fourth-order valence-corrected chi connectivity index (χ4v) is 2.40. The van der Waals surface area contributed by atoms with Crippen LogP contribution in [-0.2, 0) is 10.2 Å². The van der Waals surface area contributed by atoms with E-state index in [4.69, 9.17) is 4.74 Å². The second-order valence-electron chi connectivity index (χ2n) is 4.99. The lowest BCUT2D eigenvalue weighted by molar-refractivity contribution is -0.144. The fraction of sp³-hybridized carbons (Fsp3) is 0.500. The van der Waals surface area contributed by atoms with Crippen LogP contribution in [0.25, 0.3) is 0 Å². The molecule has 0 aliphatic heterocycles. The summed E-state index contributed by atoms with van der Waals surface area (Å²) >= 11 is 0. The van der Waals surface area contributed by atoms with E-state index in [1.807, 2.05) is 32.0 Å². The lowest BCUT2D eigenvalue weighted by Gasteiger charge is -2.27. The molecule has 0 bridgehead atoms. The maximum absolute atomic E-state index is 11.6. The highest BCUT2D eigenvalue weighted by Crippen LogP contribution is 2.49. The van der Waals surface area contributed by atoms with Crippen LogP contribution in [0.5, 0.6) is 5.75 Å². The zero-order valence-electron chi connectivity index (χ0n) is 10.5. The molecule has 0 amide bonds. The number of aliphatic carboxylic acids is 1. The number of carboxylic acids is 1. The Morgan fingerprint density at radius 2 is 2.12 bits per heavy atom. The molecule has 1 atom stereocenters. The van der Waals surface area contributed by atoms with Crippen LogP contribution < -0.4 is 4.74 Å². The largest absolute Gasteiger partial charge is 0.496 e. The third-order valence-electron chi connectivity index (χ3n) is 3.75. The number of ether oxygens (including phenoxy) is 1. The van der Waals surface area contributed by atoms with Gasteiger partial charge >= 0.3 is 5.97 Å². The highest BCUT2D eigenvalue weighted by molar-refractivity contribution is 5.83. The van der Waals surface area contributed by atoms with Gasteiger partial charge in [-0.2, -0.15) is 0 Å². The van der Waals surface area contributed by atoms with Gasteiger partial charge in [-0.05, 0) is 38.7 Å². The van der Waals surface area contributed by atoms with E-state index in [1.165, 1.54) is 0 Å². The molecule has 1 aromatic carbocycles. The molecule has 1 aliphatic rings. The molecule has 17 heavy (non-hydrogen) atoms. The number of rotatable bonds is 4. The molecule has 92 valence electrons. The number of carbonyl (C=O) groups is 1. The first kappa shape index (κ1) is 12.0. The van der Waals surface area contributed by atoms with Gasteiger partial charge in [0.2, 0.25) is 0 Å². The third-order valence-corrected chi connectivity index (χ3v) is 3.75. The van der Waals surface area contributed by atoms with Gasteiger partial charge in [0.15, 0.2) is 0 Å². The molecular weight excluding hydrogens is 216 g/mol. The van der Waals surface area contributed by atoms with E-state index in [1.54, 1.807) is 7.11 Å². The molecule has 1 fully saturated rings. The fourth-order valence-electron chi connectivity index (χ4n) is 2.40. The van der Waals surface area contributed by atoms with Gasteiger partial charge in [0, 0.05) is 5.56 Å². The maximum Gasteiger partial charge on any atom is 0.314 e. The van der Waals surface area contributed by atoms with Crippen molar-refractivity contribution in [2.75, 3.05) is 7.11 Å². The van der Waals surface area contributed by atoms with Crippen LogP contribution >= 0.6 is 0 Å². The van der Waals surface area contributed by atoms with E-state index in [-0.39, 0.29) is 5.92 Å². The molecule has 0 saturated heterocycles. The minimum atomic E-state index is -0.822. The van der Waals surface area contributed by atoms with Crippen LogP contribution in [0, 0.1) is 12.8 Å². The Balaban J connectivity index is 2.56. The Labute approximate surface area is 101 Å². The van der Waals surface area contributed by atoms with Gasteiger partial charge in [0.05, 0.1) is 12.5 Å². The molecule has 3 heteroatoms. The minimum Gasteiger partial charge on any atom is -0.496 e. The summed E-state index contributed by atoms with van der Waals surface area (Å²) in [7, 11) is 1.59. The third kappa shape index (κ3) is 1.90. The second-order valence-corrected chi connectivity index (χ2v) is 4.99. The Kier molecular flexibility index (Phi) is 2.86. The number of carboxylic acid groups (broad SMARTS) is 1. The highest BCUT2D eigenvalue weighted by atomic mass is 16.5. The smallest absolute Gasteiger partial charge is 0.314 e. The topological polar surface area (TPSA) is 46.5 Å². The van der Waals surface area contributed by atoms with Gasteiger partial charge in [-0.25, -0.2) is 0 Å². The number of hydrogen-bond acceptors (Lipinski definition) is 2. The van der Waals surface area contributed by atoms with Crippen LogP contribution in [0.2, 0.25) is 0 Å². The average Bonchev–Trinajstić information content (AvgIpc) is 3.11. The normalized spacial score (nSPS) is 18.5.